The number of methoxy groups -OCH3 is 1. The summed E-state index contributed by atoms with van der Waals surface area (Å²) in [5.41, 5.74) is -0.457. The Morgan fingerprint density at radius 1 is 0.926 bits per heavy atom. The summed E-state index contributed by atoms with van der Waals surface area (Å²) in [6, 6.07) is -1.25. The fourth-order valence-corrected chi connectivity index (χ4v) is 3.42. The summed E-state index contributed by atoms with van der Waals surface area (Å²) in [4.78, 5) is 0. The number of aromatic nitrogens is 3. The van der Waals surface area contributed by atoms with Gasteiger partial charge in [0.15, 0.2) is 6.29 Å². The molecule has 1 fully saturated rings. The topological polar surface area (TPSA) is 211 Å². The molecular formula is C14H23N3O10. The van der Waals surface area contributed by atoms with E-state index in [1.807, 2.05) is 0 Å². The van der Waals surface area contributed by atoms with Crippen molar-refractivity contribution < 1.29 is 50.3 Å². The lowest BCUT2D eigenvalue weighted by Crippen LogP contribution is -2.55. The van der Waals surface area contributed by atoms with Crippen molar-refractivity contribution in [1.82, 2.24) is 15.0 Å². The van der Waals surface area contributed by atoms with E-state index in [9.17, 15) is 40.9 Å². The molecule has 27 heavy (non-hydrogen) atoms. The molecule has 154 valence electrons. The Bertz CT molecular complexity index is 657. The number of aliphatic hydroxyl groups is 8. The molecule has 8 N–H and O–H groups in total. The van der Waals surface area contributed by atoms with Crippen molar-refractivity contribution in [2.24, 2.45) is 0 Å². The molecule has 13 nitrogen and oxygen atoms in total. The molecule has 13 heteroatoms. The van der Waals surface area contributed by atoms with Crippen LogP contribution >= 0.6 is 0 Å². The summed E-state index contributed by atoms with van der Waals surface area (Å²) in [7, 11) is 1.20. The van der Waals surface area contributed by atoms with Crippen molar-refractivity contribution in [3.8, 4) is 0 Å². The van der Waals surface area contributed by atoms with Crippen LogP contribution in [-0.4, -0.2) is 112 Å². The smallest absolute Gasteiger partial charge is 0.186 e. The van der Waals surface area contributed by atoms with Gasteiger partial charge in [0.1, 0.15) is 60.6 Å². The summed E-state index contributed by atoms with van der Waals surface area (Å²) in [5, 5.41) is 88.0. The highest BCUT2D eigenvalue weighted by Crippen LogP contribution is 2.39. The highest BCUT2D eigenvalue weighted by molar-refractivity contribution is 5.23. The Kier molecular flexibility index (Phi) is 5.79. The van der Waals surface area contributed by atoms with Gasteiger partial charge in [-0.05, 0) is 0 Å². The van der Waals surface area contributed by atoms with Crippen LogP contribution in [-0.2, 0) is 9.47 Å². The van der Waals surface area contributed by atoms with Crippen LogP contribution in [0.4, 0.5) is 0 Å². The maximum absolute atomic E-state index is 10.5. The summed E-state index contributed by atoms with van der Waals surface area (Å²) in [5.74, 6) is 0. The Labute approximate surface area is 152 Å². The van der Waals surface area contributed by atoms with E-state index in [1.54, 1.807) is 0 Å². The third kappa shape index (κ3) is 3.15. The van der Waals surface area contributed by atoms with Gasteiger partial charge in [-0.2, -0.15) is 0 Å². The highest BCUT2D eigenvalue weighted by Gasteiger charge is 2.50. The molecule has 0 amide bonds. The molecule has 0 unspecified atom stereocenters. The predicted octanol–water partition coefficient (Wildman–Crippen LogP) is -4.93. The first-order valence-corrected chi connectivity index (χ1v) is 8.25. The first kappa shape index (κ1) is 20.5. The minimum Gasteiger partial charge on any atom is -0.394 e. The lowest BCUT2D eigenvalue weighted by molar-refractivity contribution is -0.293. The number of hydrogen-bond acceptors (Lipinski definition) is 12. The summed E-state index contributed by atoms with van der Waals surface area (Å²) in [6.07, 6.45) is -14.8. The quantitative estimate of drug-likeness (QED) is 0.243. The van der Waals surface area contributed by atoms with E-state index in [1.165, 1.54) is 7.11 Å². The Balaban J connectivity index is 2.07. The molecule has 10 atom stereocenters. The molecular weight excluding hydrogens is 370 g/mol. The predicted molar refractivity (Wildman–Crippen MR) is 81.8 cm³/mol. The number of nitrogens with zero attached hydrogens (tertiary/aromatic N) is 3. The highest BCUT2D eigenvalue weighted by atomic mass is 16.7. The van der Waals surface area contributed by atoms with Gasteiger partial charge in [-0.1, -0.05) is 5.21 Å². The van der Waals surface area contributed by atoms with Crippen molar-refractivity contribution in [2.75, 3.05) is 13.7 Å². The molecule has 0 saturated carbocycles. The maximum Gasteiger partial charge on any atom is 0.186 e. The van der Waals surface area contributed by atoms with Gasteiger partial charge >= 0.3 is 0 Å². The normalized spacial score (nSPS) is 45.4. The van der Waals surface area contributed by atoms with Crippen LogP contribution in [0.2, 0.25) is 0 Å². The van der Waals surface area contributed by atoms with Gasteiger partial charge in [-0.25, -0.2) is 4.68 Å². The van der Waals surface area contributed by atoms with Gasteiger partial charge in [0.25, 0.3) is 0 Å². The SMILES string of the molecule is CO[C@H]1O[C@H](c2nnn3c2[C@@H](O)[C@H](O)[C@@H](O)[C@H](O)[C@H]3CO)[C@@H](O)[C@H](O)[C@H]1O. The molecule has 3 heterocycles. The standard InChI is InChI=1S/C14H23N3O10/c1-26-14-12(25)10(23)11(24)13(27-14)4-5-7(20)9(22)8(21)6(19)3(2-18)17(5)16-15-4/h3,6-14,18-25H,2H2,1H3/t3-,6-,7-,8+,9+,10+,11+,12-,13-,14+/m1/s1. The van der Waals surface area contributed by atoms with Crippen LogP contribution in [0.25, 0.3) is 0 Å². The van der Waals surface area contributed by atoms with Gasteiger partial charge in [0.05, 0.1) is 12.3 Å². The van der Waals surface area contributed by atoms with Crippen LogP contribution in [0.3, 0.4) is 0 Å². The van der Waals surface area contributed by atoms with Crippen LogP contribution in [0, 0.1) is 0 Å². The number of hydrogen-bond donors (Lipinski definition) is 8. The van der Waals surface area contributed by atoms with E-state index < -0.39 is 67.8 Å². The first-order valence-electron chi connectivity index (χ1n) is 8.25. The summed E-state index contributed by atoms with van der Waals surface area (Å²) < 4.78 is 11.2. The molecule has 0 bridgehead atoms. The van der Waals surface area contributed by atoms with Crippen molar-refractivity contribution in [1.29, 1.82) is 0 Å². The van der Waals surface area contributed by atoms with Crippen molar-refractivity contribution in [3.63, 3.8) is 0 Å². The molecule has 1 aromatic rings. The fraction of sp³-hybridized carbons (Fsp3) is 0.857. The maximum atomic E-state index is 10.5. The second-order valence-electron chi connectivity index (χ2n) is 6.60. The Morgan fingerprint density at radius 2 is 1.56 bits per heavy atom. The second kappa shape index (κ2) is 7.63. The van der Waals surface area contributed by atoms with Crippen molar-refractivity contribution in [2.45, 2.75) is 61.2 Å². The zero-order chi connectivity index (χ0) is 20.0. The Hall–Kier alpha value is -1.26. The second-order valence-corrected chi connectivity index (χ2v) is 6.60. The van der Waals surface area contributed by atoms with Crippen LogP contribution < -0.4 is 0 Å². The minimum absolute atomic E-state index is 0.221. The summed E-state index contributed by atoms with van der Waals surface area (Å²) >= 11 is 0. The number of rotatable bonds is 3. The molecule has 2 aliphatic heterocycles. The third-order valence-corrected chi connectivity index (χ3v) is 5.03. The lowest BCUT2D eigenvalue weighted by Gasteiger charge is -2.39. The van der Waals surface area contributed by atoms with Gasteiger partial charge in [-0.3, -0.25) is 0 Å². The van der Waals surface area contributed by atoms with E-state index in [4.69, 9.17) is 9.47 Å². The lowest BCUT2D eigenvalue weighted by atomic mass is 9.93. The fourth-order valence-electron chi connectivity index (χ4n) is 3.42. The van der Waals surface area contributed by atoms with E-state index in [2.05, 4.69) is 10.3 Å². The van der Waals surface area contributed by atoms with E-state index in [0.717, 1.165) is 4.68 Å². The molecule has 3 rings (SSSR count). The van der Waals surface area contributed by atoms with Crippen LogP contribution in [0.1, 0.15) is 29.6 Å². The van der Waals surface area contributed by atoms with Gasteiger partial charge in [0.2, 0.25) is 0 Å². The largest absolute Gasteiger partial charge is 0.394 e. The average Bonchev–Trinajstić information content (AvgIpc) is 3.07. The molecule has 0 aromatic carbocycles. The average molecular weight is 393 g/mol. The molecule has 0 radical (unpaired) electrons. The molecule has 1 saturated heterocycles. The van der Waals surface area contributed by atoms with Gasteiger partial charge in [0, 0.05) is 7.11 Å². The van der Waals surface area contributed by atoms with Gasteiger partial charge in [-0.15, -0.1) is 5.10 Å². The van der Waals surface area contributed by atoms with Crippen molar-refractivity contribution in [3.05, 3.63) is 11.4 Å². The monoisotopic (exact) mass is 393 g/mol. The minimum atomic E-state index is -1.86. The number of ether oxygens (including phenoxy) is 2. The van der Waals surface area contributed by atoms with Crippen LogP contribution in [0.15, 0.2) is 0 Å². The van der Waals surface area contributed by atoms with E-state index in [-0.39, 0.29) is 11.4 Å². The summed E-state index contributed by atoms with van der Waals surface area (Å²) in [6.45, 7) is -0.705. The molecule has 1 aromatic heterocycles. The van der Waals surface area contributed by atoms with E-state index >= 15 is 0 Å². The third-order valence-electron chi connectivity index (χ3n) is 5.03. The molecule has 0 aliphatic carbocycles. The van der Waals surface area contributed by atoms with E-state index in [0.29, 0.717) is 0 Å². The molecule has 2 aliphatic rings. The first-order chi connectivity index (χ1) is 12.7. The zero-order valence-electron chi connectivity index (χ0n) is 14.2. The molecule has 0 spiro atoms. The van der Waals surface area contributed by atoms with Crippen LogP contribution in [0.5, 0.6) is 0 Å². The zero-order valence-corrected chi connectivity index (χ0v) is 14.2. The Morgan fingerprint density at radius 3 is 2.15 bits per heavy atom. The number of aliphatic hydroxyl groups excluding tert-OH is 8. The van der Waals surface area contributed by atoms with Crippen molar-refractivity contribution >= 4 is 0 Å². The van der Waals surface area contributed by atoms with Gasteiger partial charge < -0.3 is 50.3 Å². The number of fused-ring (bicyclic) bond motifs is 1.